The molecule has 8 fully saturated rings. The lowest BCUT2D eigenvalue weighted by Crippen LogP contribution is -2.78. The maximum atomic E-state index is 14.1. The van der Waals surface area contributed by atoms with Crippen LogP contribution >= 0.6 is 0 Å². The predicted molar refractivity (Wildman–Crippen MR) is 155 cm³/mol. The number of carbonyl (C=O) groups is 4. The highest BCUT2D eigenvalue weighted by Gasteiger charge is 2.93. The van der Waals surface area contributed by atoms with Gasteiger partial charge in [-0.05, 0) is 50.9 Å². The first-order valence-electron chi connectivity index (χ1n) is 16.9. The highest BCUT2D eigenvalue weighted by atomic mass is 16.8. The number of carbonyl (C=O) groups excluding carboxylic acids is 4. The first-order valence-corrected chi connectivity index (χ1v) is 16.9. The van der Waals surface area contributed by atoms with Crippen LogP contribution in [-0.2, 0) is 42.9 Å². The molecule has 20 atom stereocenters. The molecule has 260 valence electrons. The summed E-state index contributed by atoms with van der Waals surface area (Å²) in [7, 11) is 0. The van der Waals surface area contributed by atoms with Gasteiger partial charge in [-0.15, -0.1) is 0 Å². The van der Waals surface area contributed by atoms with Crippen molar-refractivity contribution in [3.63, 3.8) is 0 Å². The zero-order chi connectivity index (χ0) is 34.3. The van der Waals surface area contributed by atoms with Gasteiger partial charge in [0.05, 0.1) is 34.7 Å². The van der Waals surface area contributed by atoms with Crippen molar-refractivity contribution in [2.24, 2.45) is 57.7 Å². The van der Waals surface area contributed by atoms with Crippen LogP contribution in [0, 0.1) is 57.7 Å². The fourth-order valence-corrected chi connectivity index (χ4v) is 13.4. The van der Waals surface area contributed by atoms with Crippen molar-refractivity contribution < 1.29 is 63.3 Å². The van der Waals surface area contributed by atoms with E-state index in [2.05, 4.69) is 0 Å². The van der Waals surface area contributed by atoms with Gasteiger partial charge in [0, 0.05) is 43.4 Å². The Hall–Kier alpha value is -2.16. The average Bonchev–Trinajstić information content (AvgIpc) is 3.86. The average molecular weight is 663 g/mol. The van der Waals surface area contributed by atoms with Crippen LogP contribution in [0.15, 0.2) is 0 Å². The number of fused-ring (bicyclic) bond motifs is 9. The van der Waals surface area contributed by atoms with Gasteiger partial charge in [-0.25, -0.2) is 4.79 Å². The van der Waals surface area contributed by atoms with Gasteiger partial charge in [0.1, 0.15) is 30.2 Å². The van der Waals surface area contributed by atoms with E-state index in [1.165, 1.54) is 27.7 Å². The molecule has 5 saturated carbocycles. The molecule has 0 aromatic carbocycles. The second-order valence-corrected chi connectivity index (χ2v) is 16.7. The molecule has 0 bridgehead atoms. The lowest BCUT2D eigenvalue weighted by atomic mass is 9.37. The van der Waals surface area contributed by atoms with Crippen molar-refractivity contribution in [3.05, 3.63) is 0 Å². The van der Waals surface area contributed by atoms with E-state index in [0.717, 1.165) is 0 Å². The van der Waals surface area contributed by atoms with Crippen molar-refractivity contribution >= 4 is 23.7 Å². The Bertz CT molecular complexity index is 1500. The number of rotatable bonds is 3. The SMILES string of the molecule is CC(=O)O[C@H]1[C@@H]2[C@H]([C@H](C)[C@H]3O[C@]34OC(=O)[C@@](C)(O)[C@]24C)[C@@]2(C)[C@@H](OC(C)=O)CC3C([C@@H](O)[C@@H](C)[C@@]4(O)C[C@@H]5O[C@@H]5[C@H](O)[C@]34C(C)=O)[C@H]12. The highest BCUT2D eigenvalue weighted by Crippen LogP contribution is 2.81. The standard InChI is InChI=1S/C34H46O13/c1-11-20-22(30(7)31(8,41)28(40)47-34(30)27(11)46-34)25(44-15(5)37)21-19-16(9-18(29(20,21)6)43-14(4)36)33(13(3)35)26(39)24-17(45-24)10-32(33,42)12(2)23(19)38/h11-12,16-27,38-39,41-42H,9-10H2,1-8H3/t11-,12+,16?,17-,18-,19?,20-,21+,22-,23-,24-,25+,26-,27+,29+,30-,31+,32-,33-,34-/m0/s1. The molecule has 5 aliphatic carbocycles. The zero-order valence-electron chi connectivity index (χ0n) is 28.0. The number of aliphatic hydroxyl groups is 4. The Kier molecular flexibility index (Phi) is 6.10. The summed E-state index contributed by atoms with van der Waals surface area (Å²) in [6.07, 6.45) is -6.38. The van der Waals surface area contributed by atoms with E-state index in [4.69, 9.17) is 23.7 Å². The van der Waals surface area contributed by atoms with Crippen LogP contribution in [0.4, 0.5) is 0 Å². The van der Waals surface area contributed by atoms with Crippen LogP contribution in [-0.4, -0.2) is 104 Å². The number of aliphatic hydroxyl groups excluding tert-OH is 2. The largest absolute Gasteiger partial charge is 0.462 e. The van der Waals surface area contributed by atoms with Gasteiger partial charge in [0.2, 0.25) is 5.79 Å². The summed E-state index contributed by atoms with van der Waals surface area (Å²) >= 11 is 0. The predicted octanol–water partition coefficient (Wildman–Crippen LogP) is 0.262. The van der Waals surface area contributed by atoms with Crippen molar-refractivity contribution in [1.82, 2.24) is 0 Å². The number of hydrogen-bond donors (Lipinski definition) is 4. The topological polar surface area (TPSA) is 202 Å². The maximum Gasteiger partial charge on any atom is 0.341 e. The highest BCUT2D eigenvalue weighted by molar-refractivity contribution is 5.86. The third-order valence-electron chi connectivity index (χ3n) is 15.3. The summed E-state index contributed by atoms with van der Waals surface area (Å²) < 4.78 is 30.3. The van der Waals surface area contributed by atoms with E-state index >= 15 is 0 Å². The third kappa shape index (κ3) is 3.16. The van der Waals surface area contributed by atoms with E-state index < -0.39 is 135 Å². The summed E-state index contributed by atoms with van der Waals surface area (Å²) in [5.41, 5.74) is -8.24. The fourth-order valence-electron chi connectivity index (χ4n) is 13.4. The Morgan fingerprint density at radius 1 is 0.936 bits per heavy atom. The Morgan fingerprint density at radius 3 is 2.17 bits per heavy atom. The van der Waals surface area contributed by atoms with E-state index in [1.807, 2.05) is 13.8 Å². The van der Waals surface area contributed by atoms with Gasteiger partial charge in [0.15, 0.2) is 5.60 Å². The summed E-state index contributed by atoms with van der Waals surface area (Å²) in [6.45, 7) is 12.5. The number of esters is 3. The van der Waals surface area contributed by atoms with Crippen LogP contribution < -0.4 is 0 Å². The van der Waals surface area contributed by atoms with Crippen molar-refractivity contribution in [3.8, 4) is 0 Å². The minimum Gasteiger partial charge on any atom is -0.462 e. The number of ketones is 1. The Labute approximate surface area is 272 Å². The van der Waals surface area contributed by atoms with E-state index in [-0.39, 0.29) is 18.8 Å². The van der Waals surface area contributed by atoms with Crippen molar-refractivity contribution in [2.45, 2.75) is 128 Å². The van der Waals surface area contributed by atoms with E-state index in [9.17, 15) is 39.6 Å². The molecule has 4 N–H and O–H groups in total. The molecule has 3 saturated heterocycles. The van der Waals surface area contributed by atoms with Gasteiger partial charge in [-0.1, -0.05) is 20.8 Å². The zero-order valence-corrected chi connectivity index (χ0v) is 28.0. The van der Waals surface area contributed by atoms with Crippen LogP contribution in [0.2, 0.25) is 0 Å². The first kappa shape index (κ1) is 32.1. The van der Waals surface area contributed by atoms with Gasteiger partial charge >= 0.3 is 17.9 Å². The normalized spacial score (nSPS) is 62.3. The molecule has 0 radical (unpaired) electrons. The lowest BCUT2D eigenvalue weighted by molar-refractivity contribution is -0.297. The molecule has 13 nitrogen and oxygen atoms in total. The quantitative estimate of drug-likeness (QED) is 0.182. The molecule has 3 aliphatic heterocycles. The molecule has 8 rings (SSSR count). The summed E-state index contributed by atoms with van der Waals surface area (Å²) in [6, 6.07) is 0. The Morgan fingerprint density at radius 2 is 1.57 bits per heavy atom. The molecule has 8 aliphatic rings. The van der Waals surface area contributed by atoms with Gasteiger partial charge in [-0.3, -0.25) is 14.4 Å². The van der Waals surface area contributed by atoms with Crippen molar-refractivity contribution in [2.75, 3.05) is 0 Å². The molecule has 3 heterocycles. The van der Waals surface area contributed by atoms with Crippen LogP contribution in [0.25, 0.3) is 0 Å². The van der Waals surface area contributed by atoms with Crippen LogP contribution in [0.3, 0.4) is 0 Å². The maximum absolute atomic E-state index is 14.1. The van der Waals surface area contributed by atoms with E-state index in [1.54, 1.807) is 13.8 Å². The first-order chi connectivity index (χ1) is 21.7. The number of Topliss-reactive ketones (excluding diaryl/α,β-unsaturated/α-hetero) is 1. The summed E-state index contributed by atoms with van der Waals surface area (Å²) in [5, 5.41) is 48.9. The number of hydrogen-bond acceptors (Lipinski definition) is 13. The molecule has 0 amide bonds. The van der Waals surface area contributed by atoms with Crippen molar-refractivity contribution in [1.29, 1.82) is 0 Å². The number of ether oxygens (including phenoxy) is 5. The van der Waals surface area contributed by atoms with Gasteiger partial charge < -0.3 is 44.1 Å². The fraction of sp³-hybridized carbons (Fsp3) is 0.882. The summed E-state index contributed by atoms with van der Waals surface area (Å²) in [4.78, 5) is 53.4. The molecule has 0 aromatic heterocycles. The molecule has 13 heteroatoms. The molecular weight excluding hydrogens is 616 g/mol. The second kappa shape index (κ2) is 8.95. The molecule has 1 spiro atoms. The molecular formula is C34H46O13. The van der Waals surface area contributed by atoms with Gasteiger partial charge in [-0.2, -0.15) is 0 Å². The minimum absolute atomic E-state index is 0.0132. The Balaban J connectivity index is 1.39. The minimum atomic E-state index is -2.07. The van der Waals surface area contributed by atoms with E-state index in [0.29, 0.717) is 0 Å². The molecule has 47 heavy (non-hydrogen) atoms. The monoisotopic (exact) mass is 662 g/mol. The van der Waals surface area contributed by atoms with Gasteiger partial charge in [0.25, 0.3) is 0 Å². The molecule has 2 unspecified atom stereocenters. The smallest absolute Gasteiger partial charge is 0.341 e. The second-order valence-electron chi connectivity index (χ2n) is 16.7. The van der Waals surface area contributed by atoms with Crippen LogP contribution in [0.5, 0.6) is 0 Å². The lowest BCUT2D eigenvalue weighted by Gasteiger charge is -2.68. The van der Waals surface area contributed by atoms with Crippen LogP contribution in [0.1, 0.15) is 68.2 Å². The third-order valence-corrected chi connectivity index (χ3v) is 15.3. The summed E-state index contributed by atoms with van der Waals surface area (Å²) in [5.74, 6) is -9.19. The molecule has 0 aromatic rings. The number of epoxide rings is 2.